The Hall–Kier alpha value is -0.340. The van der Waals surface area contributed by atoms with Crippen molar-refractivity contribution in [2.24, 2.45) is 11.3 Å². The summed E-state index contributed by atoms with van der Waals surface area (Å²) in [6, 6.07) is 0. The molecular formula is C13H22O2. The van der Waals surface area contributed by atoms with Gasteiger partial charge in [0.1, 0.15) is 0 Å². The zero-order valence-corrected chi connectivity index (χ0v) is 10.3. The van der Waals surface area contributed by atoms with E-state index in [1.54, 1.807) is 0 Å². The van der Waals surface area contributed by atoms with Crippen LogP contribution in [0.3, 0.4) is 0 Å². The normalized spacial score (nSPS) is 40.3. The number of allylic oxidation sites excluding steroid dienone is 2. The van der Waals surface area contributed by atoms with Gasteiger partial charge in [-0.2, -0.15) is 0 Å². The van der Waals surface area contributed by atoms with Crippen LogP contribution in [-0.4, -0.2) is 19.0 Å². The van der Waals surface area contributed by atoms with Crippen molar-refractivity contribution in [3.8, 4) is 0 Å². The van der Waals surface area contributed by atoms with E-state index in [4.69, 9.17) is 9.47 Å². The molecule has 86 valence electrons. The quantitative estimate of drug-likeness (QED) is 0.619. The van der Waals surface area contributed by atoms with E-state index in [1.807, 2.05) is 0 Å². The molecule has 0 spiro atoms. The summed E-state index contributed by atoms with van der Waals surface area (Å²) in [5.74, 6) is 0.231. The fourth-order valence-corrected chi connectivity index (χ4v) is 2.86. The summed E-state index contributed by atoms with van der Waals surface area (Å²) in [6.07, 6.45) is 4.58. The molecular weight excluding hydrogens is 188 g/mol. The first-order chi connectivity index (χ1) is 6.98. The van der Waals surface area contributed by atoms with Crippen LogP contribution < -0.4 is 0 Å². The zero-order valence-electron chi connectivity index (χ0n) is 10.3. The monoisotopic (exact) mass is 210 g/mol. The van der Waals surface area contributed by atoms with Gasteiger partial charge in [0.05, 0.1) is 13.2 Å². The Morgan fingerprint density at radius 1 is 1.27 bits per heavy atom. The Morgan fingerprint density at radius 2 is 1.87 bits per heavy atom. The summed E-state index contributed by atoms with van der Waals surface area (Å²) in [4.78, 5) is 0. The second-order valence-corrected chi connectivity index (χ2v) is 5.42. The molecule has 1 aliphatic heterocycles. The van der Waals surface area contributed by atoms with Crippen molar-refractivity contribution in [1.82, 2.24) is 0 Å². The molecule has 0 aromatic carbocycles. The van der Waals surface area contributed by atoms with E-state index >= 15 is 0 Å². The first-order valence-electron chi connectivity index (χ1n) is 5.91. The fourth-order valence-electron chi connectivity index (χ4n) is 2.86. The third-order valence-corrected chi connectivity index (χ3v) is 4.47. The van der Waals surface area contributed by atoms with Gasteiger partial charge in [-0.1, -0.05) is 25.5 Å². The molecule has 0 amide bonds. The van der Waals surface area contributed by atoms with Crippen molar-refractivity contribution in [3.05, 3.63) is 11.6 Å². The number of rotatable bonds is 1. The van der Waals surface area contributed by atoms with Crippen LogP contribution in [0.15, 0.2) is 11.6 Å². The molecule has 2 rings (SSSR count). The Morgan fingerprint density at radius 3 is 2.40 bits per heavy atom. The van der Waals surface area contributed by atoms with E-state index in [0.717, 1.165) is 19.6 Å². The van der Waals surface area contributed by atoms with E-state index < -0.39 is 0 Å². The maximum Gasteiger partial charge on any atom is 0.171 e. The molecule has 0 radical (unpaired) electrons. The molecule has 0 aromatic rings. The Balaban J connectivity index is 2.25. The van der Waals surface area contributed by atoms with Gasteiger partial charge < -0.3 is 9.47 Å². The van der Waals surface area contributed by atoms with Gasteiger partial charge >= 0.3 is 0 Å². The van der Waals surface area contributed by atoms with E-state index in [1.165, 1.54) is 12.0 Å². The summed E-state index contributed by atoms with van der Waals surface area (Å²) in [7, 11) is 0. The number of hydrogen-bond donors (Lipinski definition) is 0. The molecule has 2 atom stereocenters. The Labute approximate surface area is 92.6 Å². The highest BCUT2D eigenvalue weighted by Crippen LogP contribution is 2.51. The van der Waals surface area contributed by atoms with E-state index in [9.17, 15) is 0 Å². The lowest BCUT2D eigenvalue weighted by Gasteiger charge is -2.48. The lowest BCUT2D eigenvalue weighted by molar-refractivity contribution is -0.235. The first kappa shape index (κ1) is 11.2. The molecule has 2 nitrogen and oxygen atoms in total. The standard InChI is InChI=1S/C13H22O2/c1-10-5-6-12(3,11(2)9-10)13(4)14-7-8-15-13/h5,11H,6-9H2,1-4H3/t11-,12-/m1/s1. The van der Waals surface area contributed by atoms with Gasteiger partial charge in [-0.3, -0.25) is 0 Å². The lowest BCUT2D eigenvalue weighted by atomic mass is 9.64. The van der Waals surface area contributed by atoms with Gasteiger partial charge in [0.15, 0.2) is 5.79 Å². The van der Waals surface area contributed by atoms with Crippen LogP contribution in [0.1, 0.15) is 40.5 Å². The number of hydrogen-bond acceptors (Lipinski definition) is 2. The minimum atomic E-state index is -0.385. The van der Waals surface area contributed by atoms with Crippen LogP contribution in [-0.2, 0) is 9.47 Å². The smallest absolute Gasteiger partial charge is 0.171 e. The topological polar surface area (TPSA) is 18.5 Å². The maximum atomic E-state index is 5.84. The zero-order chi connectivity index (χ0) is 11.1. The molecule has 1 heterocycles. The van der Waals surface area contributed by atoms with Gasteiger partial charge in [-0.25, -0.2) is 0 Å². The fraction of sp³-hybridized carbons (Fsp3) is 0.846. The molecule has 2 heteroatoms. The summed E-state index contributed by atoms with van der Waals surface area (Å²) in [6.45, 7) is 10.4. The minimum Gasteiger partial charge on any atom is -0.347 e. The minimum absolute atomic E-state index is 0.114. The Kier molecular flexibility index (Phi) is 2.68. The van der Waals surface area contributed by atoms with Gasteiger partial charge in [0.25, 0.3) is 0 Å². The van der Waals surface area contributed by atoms with E-state index in [0.29, 0.717) is 5.92 Å². The lowest BCUT2D eigenvalue weighted by Crippen LogP contribution is -2.49. The predicted molar refractivity (Wildman–Crippen MR) is 60.6 cm³/mol. The molecule has 15 heavy (non-hydrogen) atoms. The highest BCUT2D eigenvalue weighted by molar-refractivity contribution is 5.12. The average molecular weight is 210 g/mol. The SMILES string of the molecule is CC1=CC[C@@](C)(C2(C)OCCO2)[C@H](C)C1. The van der Waals surface area contributed by atoms with Crippen molar-refractivity contribution in [3.63, 3.8) is 0 Å². The van der Waals surface area contributed by atoms with Gasteiger partial charge in [0.2, 0.25) is 0 Å². The first-order valence-corrected chi connectivity index (χ1v) is 5.91. The van der Waals surface area contributed by atoms with Crippen molar-refractivity contribution in [2.45, 2.75) is 46.3 Å². The van der Waals surface area contributed by atoms with Crippen LogP contribution in [0, 0.1) is 11.3 Å². The largest absolute Gasteiger partial charge is 0.347 e. The summed E-state index contributed by atoms with van der Waals surface area (Å²) in [5, 5.41) is 0. The molecule has 0 unspecified atom stereocenters. The van der Waals surface area contributed by atoms with Gasteiger partial charge in [-0.15, -0.1) is 0 Å². The van der Waals surface area contributed by atoms with Crippen LogP contribution in [0.4, 0.5) is 0 Å². The molecule has 2 aliphatic rings. The van der Waals surface area contributed by atoms with Gasteiger partial charge in [0, 0.05) is 5.41 Å². The molecule has 1 saturated heterocycles. The molecule has 0 bridgehead atoms. The molecule has 0 aromatic heterocycles. The summed E-state index contributed by atoms with van der Waals surface area (Å²) in [5.41, 5.74) is 1.62. The third kappa shape index (κ3) is 1.64. The van der Waals surface area contributed by atoms with E-state index in [-0.39, 0.29) is 11.2 Å². The second-order valence-electron chi connectivity index (χ2n) is 5.42. The number of ether oxygens (including phenoxy) is 2. The van der Waals surface area contributed by atoms with Crippen molar-refractivity contribution >= 4 is 0 Å². The second kappa shape index (κ2) is 3.60. The molecule has 0 N–H and O–H groups in total. The molecule has 1 aliphatic carbocycles. The average Bonchev–Trinajstić information content (AvgIpc) is 2.61. The van der Waals surface area contributed by atoms with Crippen LogP contribution in [0.2, 0.25) is 0 Å². The van der Waals surface area contributed by atoms with Crippen LogP contribution >= 0.6 is 0 Å². The molecule has 0 saturated carbocycles. The van der Waals surface area contributed by atoms with E-state index in [2.05, 4.69) is 33.8 Å². The van der Waals surface area contributed by atoms with Crippen molar-refractivity contribution < 1.29 is 9.47 Å². The van der Waals surface area contributed by atoms with Crippen molar-refractivity contribution in [1.29, 1.82) is 0 Å². The maximum absolute atomic E-state index is 5.84. The van der Waals surface area contributed by atoms with Gasteiger partial charge in [-0.05, 0) is 32.6 Å². The van der Waals surface area contributed by atoms with Crippen LogP contribution in [0.25, 0.3) is 0 Å². The molecule has 1 fully saturated rings. The third-order valence-electron chi connectivity index (χ3n) is 4.47. The Bertz CT molecular complexity index is 276. The summed E-state index contributed by atoms with van der Waals surface area (Å²) >= 11 is 0. The highest BCUT2D eigenvalue weighted by atomic mass is 16.7. The predicted octanol–water partition coefficient (Wildman–Crippen LogP) is 3.13. The highest BCUT2D eigenvalue weighted by Gasteiger charge is 2.52. The summed E-state index contributed by atoms with van der Waals surface area (Å²) < 4.78 is 11.7. The van der Waals surface area contributed by atoms with Crippen molar-refractivity contribution in [2.75, 3.05) is 13.2 Å². The van der Waals surface area contributed by atoms with Crippen LogP contribution in [0.5, 0.6) is 0 Å².